The summed E-state index contributed by atoms with van der Waals surface area (Å²) in [6.45, 7) is 2.75. The summed E-state index contributed by atoms with van der Waals surface area (Å²) in [6, 6.07) is 13.5. The molecule has 0 saturated heterocycles. The van der Waals surface area contributed by atoms with Gasteiger partial charge in [-0.2, -0.15) is 13.2 Å². The molecule has 0 radical (unpaired) electrons. The van der Waals surface area contributed by atoms with Crippen LogP contribution in [-0.4, -0.2) is 19.7 Å². The Labute approximate surface area is 140 Å². The van der Waals surface area contributed by atoms with E-state index in [0.29, 0.717) is 12.0 Å². The lowest BCUT2D eigenvalue weighted by Gasteiger charge is -2.15. The van der Waals surface area contributed by atoms with E-state index >= 15 is 0 Å². The number of nitrogens with one attached hydrogen (secondary N) is 1. The quantitative estimate of drug-likeness (QED) is 0.804. The Morgan fingerprint density at radius 2 is 1.75 bits per heavy atom. The first-order valence-corrected chi connectivity index (χ1v) is 7.91. The van der Waals surface area contributed by atoms with Gasteiger partial charge in [0.25, 0.3) is 0 Å². The first-order chi connectivity index (χ1) is 11.4. The maximum Gasteiger partial charge on any atom is 0.416 e. The SMILES string of the molecule is COc1ccc(CCN[C@@H](C)Cc2cccc(C(F)(F)F)c2)cc1. The molecule has 0 aliphatic heterocycles. The van der Waals surface area contributed by atoms with E-state index in [-0.39, 0.29) is 6.04 Å². The number of benzene rings is 2. The smallest absolute Gasteiger partial charge is 0.416 e. The summed E-state index contributed by atoms with van der Waals surface area (Å²) in [5.41, 5.74) is 1.29. The minimum absolute atomic E-state index is 0.103. The zero-order valence-corrected chi connectivity index (χ0v) is 13.9. The molecule has 2 aromatic rings. The molecule has 1 N–H and O–H groups in total. The van der Waals surface area contributed by atoms with Crippen molar-refractivity contribution in [2.45, 2.75) is 32.0 Å². The largest absolute Gasteiger partial charge is 0.497 e. The van der Waals surface area contributed by atoms with Crippen molar-refractivity contribution in [3.05, 3.63) is 65.2 Å². The van der Waals surface area contributed by atoms with Gasteiger partial charge in [0.2, 0.25) is 0 Å². The number of alkyl halides is 3. The van der Waals surface area contributed by atoms with Crippen LogP contribution in [0.15, 0.2) is 48.5 Å². The van der Waals surface area contributed by atoms with Gasteiger partial charge in [0.15, 0.2) is 0 Å². The van der Waals surface area contributed by atoms with Crippen LogP contribution in [0.1, 0.15) is 23.6 Å². The molecule has 2 rings (SSSR count). The molecular formula is C19H22F3NO. The van der Waals surface area contributed by atoms with Crippen molar-refractivity contribution in [2.75, 3.05) is 13.7 Å². The monoisotopic (exact) mass is 337 g/mol. The van der Waals surface area contributed by atoms with Crippen LogP contribution in [0, 0.1) is 0 Å². The van der Waals surface area contributed by atoms with Crippen LogP contribution in [0.4, 0.5) is 13.2 Å². The Hall–Kier alpha value is -2.01. The zero-order chi connectivity index (χ0) is 17.6. The minimum atomic E-state index is -4.29. The lowest BCUT2D eigenvalue weighted by Crippen LogP contribution is -2.30. The maximum atomic E-state index is 12.7. The molecular weight excluding hydrogens is 315 g/mol. The molecule has 0 aliphatic rings. The second-order valence-corrected chi connectivity index (χ2v) is 5.86. The van der Waals surface area contributed by atoms with E-state index in [1.807, 2.05) is 31.2 Å². The lowest BCUT2D eigenvalue weighted by molar-refractivity contribution is -0.137. The molecule has 0 heterocycles. The van der Waals surface area contributed by atoms with Gasteiger partial charge in [-0.05, 0) is 55.6 Å². The number of hydrogen-bond donors (Lipinski definition) is 1. The Kier molecular flexibility index (Phi) is 6.26. The van der Waals surface area contributed by atoms with Crippen LogP contribution in [0.2, 0.25) is 0 Å². The fourth-order valence-electron chi connectivity index (χ4n) is 2.56. The fourth-order valence-corrected chi connectivity index (χ4v) is 2.56. The third kappa shape index (κ3) is 5.57. The van der Waals surface area contributed by atoms with E-state index in [0.717, 1.165) is 24.8 Å². The number of halogens is 3. The summed E-state index contributed by atoms with van der Waals surface area (Å²) in [5.74, 6) is 0.824. The average molecular weight is 337 g/mol. The molecule has 0 amide bonds. The standard InChI is InChI=1S/C19H22F3NO/c1-14(12-16-4-3-5-17(13-16)19(20,21)22)23-11-10-15-6-8-18(24-2)9-7-15/h3-9,13-14,23H,10-12H2,1-2H3/t14-/m0/s1. The van der Waals surface area contributed by atoms with E-state index in [9.17, 15) is 13.2 Å². The van der Waals surface area contributed by atoms with Crippen LogP contribution in [-0.2, 0) is 19.0 Å². The van der Waals surface area contributed by atoms with Gasteiger partial charge in [-0.25, -0.2) is 0 Å². The first kappa shape index (κ1) is 18.3. The predicted molar refractivity (Wildman–Crippen MR) is 89.3 cm³/mol. The van der Waals surface area contributed by atoms with Crippen LogP contribution in [0.5, 0.6) is 5.75 Å². The van der Waals surface area contributed by atoms with E-state index < -0.39 is 11.7 Å². The summed E-state index contributed by atoms with van der Waals surface area (Å²) in [4.78, 5) is 0. The molecule has 0 aliphatic carbocycles. The minimum Gasteiger partial charge on any atom is -0.497 e. The highest BCUT2D eigenvalue weighted by atomic mass is 19.4. The summed E-state index contributed by atoms with van der Waals surface area (Å²) < 4.78 is 43.3. The molecule has 2 aromatic carbocycles. The van der Waals surface area contributed by atoms with Gasteiger partial charge in [0.1, 0.15) is 5.75 Å². The molecule has 0 saturated carbocycles. The molecule has 1 atom stereocenters. The maximum absolute atomic E-state index is 12.7. The highest BCUT2D eigenvalue weighted by Gasteiger charge is 2.30. The van der Waals surface area contributed by atoms with E-state index in [1.165, 1.54) is 17.7 Å². The third-order valence-corrected chi connectivity index (χ3v) is 3.86. The van der Waals surface area contributed by atoms with Gasteiger partial charge in [-0.1, -0.05) is 30.3 Å². The van der Waals surface area contributed by atoms with E-state index in [1.54, 1.807) is 13.2 Å². The Bertz CT molecular complexity index is 638. The van der Waals surface area contributed by atoms with Crippen molar-refractivity contribution in [3.8, 4) is 5.75 Å². The Balaban J connectivity index is 1.81. The highest BCUT2D eigenvalue weighted by molar-refractivity contribution is 5.28. The van der Waals surface area contributed by atoms with Crippen LogP contribution >= 0.6 is 0 Å². The summed E-state index contributed by atoms with van der Waals surface area (Å²) in [5, 5.41) is 3.35. The van der Waals surface area contributed by atoms with Gasteiger partial charge in [-0.15, -0.1) is 0 Å². The van der Waals surface area contributed by atoms with E-state index in [4.69, 9.17) is 4.74 Å². The van der Waals surface area contributed by atoms with Crippen LogP contribution < -0.4 is 10.1 Å². The first-order valence-electron chi connectivity index (χ1n) is 7.91. The topological polar surface area (TPSA) is 21.3 Å². The molecule has 24 heavy (non-hydrogen) atoms. The number of rotatable bonds is 7. The highest BCUT2D eigenvalue weighted by Crippen LogP contribution is 2.29. The zero-order valence-electron chi connectivity index (χ0n) is 13.9. The second-order valence-electron chi connectivity index (χ2n) is 5.86. The van der Waals surface area contributed by atoms with Gasteiger partial charge in [-0.3, -0.25) is 0 Å². The van der Waals surface area contributed by atoms with Gasteiger partial charge >= 0.3 is 6.18 Å². The number of hydrogen-bond acceptors (Lipinski definition) is 2. The molecule has 0 fully saturated rings. The van der Waals surface area contributed by atoms with Gasteiger partial charge in [0, 0.05) is 6.04 Å². The molecule has 5 heteroatoms. The average Bonchev–Trinajstić information content (AvgIpc) is 2.55. The summed E-state index contributed by atoms with van der Waals surface area (Å²) >= 11 is 0. The Morgan fingerprint density at radius 1 is 1.04 bits per heavy atom. The third-order valence-electron chi connectivity index (χ3n) is 3.86. The molecule has 0 spiro atoms. The van der Waals surface area contributed by atoms with Crippen molar-refractivity contribution in [1.29, 1.82) is 0 Å². The van der Waals surface area contributed by atoms with Crippen LogP contribution in [0.25, 0.3) is 0 Å². The molecule has 0 aromatic heterocycles. The summed E-state index contributed by atoms with van der Waals surface area (Å²) in [7, 11) is 1.63. The lowest BCUT2D eigenvalue weighted by atomic mass is 10.0. The summed E-state index contributed by atoms with van der Waals surface area (Å²) in [6.07, 6.45) is -2.87. The number of methoxy groups -OCH3 is 1. The van der Waals surface area contributed by atoms with Crippen molar-refractivity contribution >= 4 is 0 Å². The van der Waals surface area contributed by atoms with Crippen LogP contribution in [0.3, 0.4) is 0 Å². The predicted octanol–water partition coefficient (Wildman–Crippen LogP) is 4.48. The van der Waals surface area contributed by atoms with Gasteiger partial charge in [0.05, 0.1) is 12.7 Å². The Morgan fingerprint density at radius 3 is 2.38 bits per heavy atom. The normalized spacial score (nSPS) is 12.9. The van der Waals surface area contributed by atoms with Gasteiger partial charge < -0.3 is 10.1 Å². The second kappa shape index (κ2) is 8.20. The number of ether oxygens (including phenoxy) is 1. The fraction of sp³-hybridized carbons (Fsp3) is 0.368. The van der Waals surface area contributed by atoms with Crippen molar-refractivity contribution in [2.24, 2.45) is 0 Å². The van der Waals surface area contributed by atoms with Crippen molar-refractivity contribution in [1.82, 2.24) is 5.32 Å². The van der Waals surface area contributed by atoms with E-state index in [2.05, 4.69) is 5.32 Å². The molecule has 2 nitrogen and oxygen atoms in total. The molecule has 0 bridgehead atoms. The van der Waals surface area contributed by atoms with Crippen molar-refractivity contribution < 1.29 is 17.9 Å². The molecule has 130 valence electrons. The van der Waals surface area contributed by atoms with Crippen molar-refractivity contribution in [3.63, 3.8) is 0 Å². The molecule has 0 unspecified atom stereocenters.